The van der Waals surface area contributed by atoms with E-state index in [-0.39, 0.29) is 0 Å². The van der Waals surface area contributed by atoms with E-state index in [0.29, 0.717) is 0 Å². The SMILES string of the molecule is C1CC1[C@@H]1C[C@H]1[C@@H]1C[C@H]1C1CC1. The Kier molecular flexibility index (Phi) is 1.03. The van der Waals surface area contributed by atoms with Crippen molar-refractivity contribution in [3.8, 4) is 0 Å². The Balaban J connectivity index is 1.37. The Morgan fingerprint density at radius 3 is 1.25 bits per heavy atom. The van der Waals surface area contributed by atoms with Gasteiger partial charge >= 0.3 is 0 Å². The molecule has 0 aromatic rings. The van der Waals surface area contributed by atoms with Crippen LogP contribution in [0.1, 0.15) is 38.5 Å². The molecule has 12 heavy (non-hydrogen) atoms. The molecular formula is C12H18. The van der Waals surface area contributed by atoms with Gasteiger partial charge in [-0.05, 0) is 74.0 Å². The summed E-state index contributed by atoms with van der Waals surface area (Å²) in [5.41, 5.74) is 0. The summed E-state index contributed by atoms with van der Waals surface area (Å²) in [7, 11) is 0. The molecule has 0 nitrogen and oxygen atoms in total. The summed E-state index contributed by atoms with van der Waals surface area (Å²) in [5, 5.41) is 0. The minimum Gasteiger partial charge on any atom is -0.0499 e. The summed E-state index contributed by atoms with van der Waals surface area (Å²) >= 11 is 0. The molecule has 0 unspecified atom stereocenters. The van der Waals surface area contributed by atoms with Gasteiger partial charge in [-0.25, -0.2) is 0 Å². The van der Waals surface area contributed by atoms with Crippen molar-refractivity contribution in [1.29, 1.82) is 0 Å². The molecule has 4 atom stereocenters. The third-order valence-corrected chi connectivity index (χ3v) is 4.79. The van der Waals surface area contributed by atoms with Gasteiger partial charge in [0.1, 0.15) is 0 Å². The zero-order chi connectivity index (χ0) is 7.71. The van der Waals surface area contributed by atoms with Crippen molar-refractivity contribution in [2.75, 3.05) is 0 Å². The molecule has 0 radical (unpaired) electrons. The Morgan fingerprint density at radius 2 is 0.917 bits per heavy atom. The molecule has 0 N–H and O–H groups in total. The van der Waals surface area contributed by atoms with Crippen LogP contribution in [0.2, 0.25) is 0 Å². The van der Waals surface area contributed by atoms with E-state index in [0.717, 1.165) is 0 Å². The average molecular weight is 162 g/mol. The standard InChI is InChI=1S/C12H18/c1-2-7(1)9-5-11(9)12-6-10(12)8-3-4-8/h7-12H,1-6H2/t9-,10-,11+,12+/m0/s1. The van der Waals surface area contributed by atoms with E-state index < -0.39 is 0 Å². The molecule has 0 heterocycles. The second-order valence-electron chi connectivity index (χ2n) is 5.80. The molecule has 4 saturated carbocycles. The van der Waals surface area contributed by atoms with E-state index in [2.05, 4.69) is 0 Å². The quantitative estimate of drug-likeness (QED) is 0.598. The summed E-state index contributed by atoms with van der Waals surface area (Å²) in [4.78, 5) is 0. The van der Waals surface area contributed by atoms with Crippen molar-refractivity contribution in [3.05, 3.63) is 0 Å². The molecule has 4 aliphatic carbocycles. The van der Waals surface area contributed by atoms with Crippen LogP contribution in [0.3, 0.4) is 0 Å². The van der Waals surface area contributed by atoms with E-state index in [1.54, 1.807) is 38.5 Å². The molecule has 4 rings (SSSR count). The van der Waals surface area contributed by atoms with Crippen LogP contribution in [0.15, 0.2) is 0 Å². The second-order valence-corrected chi connectivity index (χ2v) is 5.80. The van der Waals surface area contributed by atoms with E-state index >= 15 is 0 Å². The largest absolute Gasteiger partial charge is 0.0499 e. The van der Waals surface area contributed by atoms with Gasteiger partial charge in [-0.15, -0.1) is 0 Å². The lowest BCUT2D eigenvalue weighted by Crippen LogP contribution is -1.91. The van der Waals surface area contributed by atoms with Gasteiger partial charge in [0.25, 0.3) is 0 Å². The summed E-state index contributed by atoms with van der Waals surface area (Å²) in [6.07, 6.45) is 9.62. The van der Waals surface area contributed by atoms with Crippen LogP contribution in [0.25, 0.3) is 0 Å². The first kappa shape index (κ1) is 6.45. The van der Waals surface area contributed by atoms with Crippen LogP contribution in [0.5, 0.6) is 0 Å². The first-order valence-corrected chi connectivity index (χ1v) is 5.93. The molecule has 4 fully saturated rings. The number of hydrogen-bond donors (Lipinski definition) is 0. The molecule has 4 aliphatic rings. The maximum atomic E-state index is 1.64. The highest BCUT2D eigenvalue weighted by Gasteiger charge is 2.59. The van der Waals surface area contributed by atoms with Gasteiger partial charge in [-0.3, -0.25) is 0 Å². The third-order valence-electron chi connectivity index (χ3n) is 4.79. The zero-order valence-corrected chi connectivity index (χ0v) is 7.71. The fourth-order valence-corrected chi connectivity index (χ4v) is 3.59. The van der Waals surface area contributed by atoms with E-state index in [1.807, 2.05) is 0 Å². The lowest BCUT2D eigenvalue weighted by atomic mass is 10.1. The van der Waals surface area contributed by atoms with Crippen molar-refractivity contribution in [2.45, 2.75) is 38.5 Å². The predicted octanol–water partition coefficient (Wildman–Crippen LogP) is 3.08. The molecule has 0 saturated heterocycles. The van der Waals surface area contributed by atoms with E-state index in [4.69, 9.17) is 0 Å². The van der Waals surface area contributed by atoms with E-state index in [1.165, 1.54) is 35.5 Å². The van der Waals surface area contributed by atoms with Gasteiger partial charge in [0, 0.05) is 0 Å². The highest BCUT2D eigenvalue weighted by Crippen LogP contribution is 2.68. The smallest absolute Gasteiger partial charge is 0.0349 e. The van der Waals surface area contributed by atoms with Crippen molar-refractivity contribution in [2.24, 2.45) is 35.5 Å². The summed E-state index contributed by atoms with van der Waals surface area (Å²) in [6, 6.07) is 0. The Bertz CT molecular complexity index is 188. The van der Waals surface area contributed by atoms with Gasteiger partial charge in [0.2, 0.25) is 0 Å². The van der Waals surface area contributed by atoms with Crippen LogP contribution < -0.4 is 0 Å². The maximum Gasteiger partial charge on any atom is -0.0349 e. The minimum atomic E-state index is 1.22. The van der Waals surface area contributed by atoms with Crippen LogP contribution >= 0.6 is 0 Å². The molecule has 0 aromatic heterocycles. The molecule has 0 amide bonds. The molecule has 0 aliphatic heterocycles. The number of hydrogen-bond acceptors (Lipinski definition) is 0. The highest BCUT2D eigenvalue weighted by atomic mass is 14.6. The Morgan fingerprint density at radius 1 is 0.500 bits per heavy atom. The topological polar surface area (TPSA) is 0 Å². The highest BCUT2D eigenvalue weighted by molar-refractivity contribution is 5.09. The number of rotatable bonds is 3. The molecular weight excluding hydrogens is 144 g/mol. The van der Waals surface area contributed by atoms with E-state index in [9.17, 15) is 0 Å². The second kappa shape index (κ2) is 1.91. The summed E-state index contributed by atoms with van der Waals surface area (Å²) < 4.78 is 0. The Hall–Kier alpha value is 0. The molecule has 0 bridgehead atoms. The minimum absolute atomic E-state index is 1.22. The maximum absolute atomic E-state index is 1.64. The van der Waals surface area contributed by atoms with Crippen LogP contribution in [0, 0.1) is 35.5 Å². The normalized spacial score (nSPS) is 57.0. The first-order chi connectivity index (χ1) is 5.93. The lowest BCUT2D eigenvalue weighted by molar-refractivity contribution is 0.522. The summed E-state index contributed by atoms with van der Waals surface area (Å²) in [6.45, 7) is 0. The van der Waals surface area contributed by atoms with Gasteiger partial charge in [0.15, 0.2) is 0 Å². The monoisotopic (exact) mass is 162 g/mol. The average Bonchev–Trinajstić information content (AvgIpc) is 2.81. The van der Waals surface area contributed by atoms with Gasteiger partial charge < -0.3 is 0 Å². The van der Waals surface area contributed by atoms with Crippen molar-refractivity contribution in [3.63, 3.8) is 0 Å². The van der Waals surface area contributed by atoms with Crippen LogP contribution in [0.4, 0.5) is 0 Å². The Labute approximate surface area is 74.7 Å². The first-order valence-electron chi connectivity index (χ1n) is 5.93. The van der Waals surface area contributed by atoms with Crippen molar-refractivity contribution >= 4 is 0 Å². The predicted molar refractivity (Wildman–Crippen MR) is 48.6 cm³/mol. The molecule has 0 aromatic carbocycles. The molecule has 0 spiro atoms. The van der Waals surface area contributed by atoms with Gasteiger partial charge in [-0.2, -0.15) is 0 Å². The molecule has 66 valence electrons. The third kappa shape index (κ3) is 0.900. The summed E-state index contributed by atoms with van der Waals surface area (Å²) in [5.74, 6) is 7.38. The molecule has 0 heteroatoms. The van der Waals surface area contributed by atoms with Crippen molar-refractivity contribution in [1.82, 2.24) is 0 Å². The lowest BCUT2D eigenvalue weighted by Gasteiger charge is -1.95. The fourth-order valence-electron chi connectivity index (χ4n) is 3.59. The van der Waals surface area contributed by atoms with Crippen LogP contribution in [-0.2, 0) is 0 Å². The zero-order valence-electron chi connectivity index (χ0n) is 7.71. The van der Waals surface area contributed by atoms with Crippen molar-refractivity contribution < 1.29 is 0 Å². The van der Waals surface area contributed by atoms with Gasteiger partial charge in [-0.1, -0.05) is 0 Å². The van der Waals surface area contributed by atoms with Crippen LogP contribution in [-0.4, -0.2) is 0 Å². The van der Waals surface area contributed by atoms with Gasteiger partial charge in [0.05, 0.1) is 0 Å². The fraction of sp³-hybridized carbons (Fsp3) is 1.00.